The summed E-state index contributed by atoms with van der Waals surface area (Å²) in [5, 5.41) is 0. The molecule has 0 aromatic heterocycles. The number of methoxy groups -OCH3 is 1. The van der Waals surface area contributed by atoms with E-state index in [4.69, 9.17) is 14.2 Å². The van der Waals surface area contributed by atoms with Crippen molar-refractivity contribution in [2.24, 2.45) is 34.5 Å². The molecule has 6 nitrogen and oxygen atoms in total. The van der Waals surface area contributed by atoms with Gasteiger partial charge in [-0.2, -0.15) is 0 Å². The zero-order chi connectivity index (χ0) is 25.5. The Bertz CT molecular complexity index is 892. The van der Waals surface area contributed by atoms with Crippen LogP contribution in [0.3, 0.4) is 0 Å². The van der Waals surface area contributed by atoms with Crippen molar-refractivity contribution in [1.82, 2.24) is 0 Å². The summed E-state index contributed by atoms with van der Waals surface area (Å²) in [7, 11) is 1.45. The zero-order valence-electron chi connectivity index (χ0n) is 22.5. The van der Waals surface area contributed by atoms with Gasteiger partial charge in [0.1, 0.15) is 12.2 Å². The van der Waals surface area contributed by atoms with Crippen LogP contribution in [0.25, 0.3) is 0 Å². The minimum Gasteiger partial charge on any atom is -0.469 e. The molecule has 2 unspecified atom stereocenters. The smallest absolute Gasteiger partial charge is 0.305 e. The lowest BCUT2D eigenvalue weighted by Crippen LogP contribution is -2.53. The lowest BCUT2D eigenvalue weighted by atomic mass is 9.48. The van der Waals surface area contributed by atoms with Crippen LogP contribution in [-0.2, 0) is 28.6 Å². The van der Waals surface area contributed by atoms with Gasteiger partial charge in [-0.05, 0) is 86.9 Å². The Morgan fingerprint density at radius 1 is 1.00 bits per heavy atom. The van der Waals surface area contributed by atoms with Gasteiger partial charge in [-0.15, -0.1) is 0 Å². The normalized spacial score (nSPS) is 39.1. The van der Waals surface area contributed by atoms with Crippen LogP contribution < -0.4 is 0 Å². The second-order valence-electron chi connectivity index (χ2n) is 12.2. The van der Waals surface area contributed by atoms with E-state index in [1.807, 2.05) is 0 Å². The number of allylic oxidation sites excluding steroid dienone is 1. The second kappa shape index (κ2) is 9.89. The zero-order valence-corrected chi connectivity index (χ0v) is 22.5. The van der Waals surface area contributed by atoms with Gasteiger partial charge in [-0.3, -0.25) is 14.4 Å². The summed E-state index contributed by atoms with van der Waals surface area (Å²) in [4.78, 5) is 35.7. The van der Waals surface area contributed by atoms with Crippen LogP contribution in [0.2, 0.25) is 0 Å². The molecule has 0 aromatic rings. The molecule has 0 amide bonds. The third-order valence-electron chi connectivity index (χ3n) is 10.5. The molecular weight excluding hydrogens is 444 g/mol. The molecular formula is C29H44O6. The van der Waals surface area contributed by atoms with Crippen molar-refractivity contribution in [2.75, 3.05) is 7.11 Å². The summed E-state index contributed by atoms with van der Waals surface area (Å²) in [6.45, 7) is 10.1. The highest BCUT2D eigenvalue weighted by molar-refractivity contribution is 5.69. The van der Waals surface area contributed by atoms with E-state index < -0.39 is 0 Å². The third kappa shape index (κ3) is 4.67. The molecule has 0 saturated heterocycles. The maximum absolute atomic E-state index is 12.3. The highest BCUT2D eigenvalue weighted by atomic mass is 16.5. The van der Waals surface area contributed by atoms with Gasteiger partial charge in [0.25, 0.3) is 0 Å². The van der Waals surface area contributed by atoms with Gasteiger partial charge in [0.15, 0.2) is 0 Å². The molecule has 0 aromatic carbocycles. The first kappa shape index (κ1) is 26.2. The standard InChI is InChI=1S/C29H44O6/c1-17(7-12-27(32)33-6)23-10-11-24-22-9-8-20-15-21(34-18(2)30)13-14-28(20,4)25(22)16-26(29(23,24)5)35-19(3)31/h17,20-21,23,25-26H,7-16H2,1-6H3/t17-,20+,21+,23?,25?,26-,28-,29+/m0/s1. The highest BCUT2D eigenvalue weighted by Gasteiger charge is 2.60. The predicted octanol–water partition coefficient (Wildman–Crippen LogP) is 5.77. The van der Waals surface area contributed by atoms with E-state index in [0.717, 1.165) is 57.8 Å². The minimum absolute atomic E-state index is 0.0319. The summed E-state index contributed by atoms with van der Waals surface area (Å²) >= 11 is 0. The number of esters is 3. The predicted molar refractivity (Wildman–Crippen MR) is 132 cm³/mol. The van der Waals surface area contributed by atoms with E-state index >= 15 is 0 Å². The molecule has 6 heteroatoms. The summed E-state index contributed by atoms with van der Waals surface area (Å²) in [6.07, 6.45) is 9.26. The van der Waals surface area contributed by atoms with Crippen molar-refractivity contribution in [3.05, 3.63) is 11.1 Å². The summed E-state index contributed by atoms with van der Waals surface area (Å²) in [5.41, 5.74) is 3.14. The number of hydrogen-bond donors (Lipinski definition) is 0. The Labute approximate surface area is 210 Å². The van der Waals surface area contributed by atoms with Gasteiger partial charge in [-0.25, -0.2) is 0 Å². The largest absolute Gasteiger partial charge is 0.469 e. The Kier molecular flexibility index (Phi) is 7.41. The number of carbonyl (C=O) groups excluding carboxylic acids is 3. The first-order valence-corrected chi connectivity index (χ1v) is 13.6. The Balaban J connectivity index is 1.64. The second-order valence-corrected chi connectivity index (χ2v) is 12.2. The monoisotopic (exact) mass is 488 g/mol. The molecule has 196 valence electrons. The Morgan fingerprint density at radius 3 is 2.37 bits per heavy atom. The minimum atomic E-state index is -0.206. The molecule has 8 atom stereocenters. The number of hydrogen-bond acceptors (Lipinski definition) is 6. The van der Waals surface area contributed by atoms with Crippen LogP contribution in [0.4, 0.5) is 0 Å². The summed E-state index contributed by atoms with van der Waals surface area (Å²) < 4.78 is 16.6. The lowest BCUT2D eigenvalue weighted by Gasteiger charge is -2.58. The van der Waals surface area contributed by atoms with Crippen LogP contribution in [0.5, 0.6) is 0 Å². The third-order valence-corrected chi connectivity index (χ3v) is 10.5. The van der Waals surface area contributed by atoms with Crippen LogP contribution >= 0.6 is 0 Å². The van der Waals surface area contributed by atoms with Crippen LogP contribution in [0.15, 0.2) is 11.1 Å². The Hall–Kier alpha value is -1.85. The fourth-order valence-corrected chi connectivity index (χ4v) is 8.69. The molecule has 4 rings (SSSR count). The number of carbonyl (C=O) groups is 3. The SMILES string of the molecule is COC(=O)CC[C@H](C)C1CCC2=C3CC[C@@H]4C[C@H](OC(C)=O)CC[C@]4(C)C3C[C@H](OC(C)=O)[C@@]21C. The van der Waals surface area contributed by atoms with Crippen molar-refractivity contribution in [1.29, 1.82) is 0 Å². The maximum Gasteiger partial charge on any atom is 0.305 e. The van der Waals surface area contributed by atoms with Gasteiger partial charge < -0.3 is 14.2 Å². The highest BCUT2D eigenvalue weighted by Crippen LogP contribution is 2.66. The molecule has 0 spiro atoms. The van der Waals surface area contributed by atoms with Gasteiger partial charge in [0.2, 0.25) is 0 Å². The van der Waals surface area contributed by atoms with Gasteiger partial charge in [0, 0.05) is 25.7 Å². The molecule has 0 radical (unpaired) electrons. The quantitative estimate of drug-likeness (QED) is 0.268. The molecule has 35 heavy (non-hydrogen) atoms. The first-order valence-electron chi connectivity index (χ1n) is 13.6. The fourth-order valence-electron chi connectivity index (χ4n) is 8.69. The topological polar surface area (TPSA) is 78.9 Å². The molecule has 3 fully saturated rings. The molecule has 3 saturated carbocycles. The van der Waals surface area contributed by atoms with Crippen LogP contribution in [0.1, 0.15) is 98.8 Å². The number of rotatable bonds is 6. The number of ether oxygens (including phenoxy) is 3. The summed E-state index contributed by atoms with van der Waals surface area (Å²) in [5.74, 6) is 1.11. The van der Waals surface area contributed by atoms with Crippen LogP contribution in [0, 0.1) is 34.5 Å². The van der Waals surface area contributed by atoms with Gasteiger partial charge in [0.05, 0.1) is 7.11 Å². The van der Waals surface area contributed by atoms with Crippen molar-refractivity contribution < 1.29 is 28.6 Å². The summed E-state index contributed by atoms with van der Waals surface area (Å²) in [6, 6.07) is 0. The van der Waals surface area contributed by atoms with Crippen molar-refractivity contribution >= 4 is 17.9 Å². The first-order chi connectivity index (χ1) is 16.5. The average molecular weight is 489 g/mol. The molecule has 4 aliphatic carbocycles. The number of fused-ring (bicyclic) bond motifs is 4. The van der Waals surface area contributed by atoms with Crippen molar-refractivity contribution in [3.63, 3.8) is 0 Å². The average Bonchev–Trinajstić information content (AvgIpc) is 3.16. The van der Waals surface area contributed by atoms with Crippen molar-refractivity contribution in [2.45, 2.75) is 111 Å². The van der Waals surface area contributed by atoms with E-state index in [-0.39, 0.29) is 40.9 Å². The lowest BCUT2D eigenvalue weighted by molar-refractivity contribution is -0.160. The maximum atomic E-state index is 12.3. The van der Waals surface area contributed by atoms with Gasteiger partial charge >= 0.3 is 17.9 Å². The van der Waals surface area contributed by atoms with E-state index in [1.54, 1.807) is 5.57 Å². The molecule has 4 aliphatic rings. The van der Waals surface area contributed by atoms with E-state index in [0.29, 0.717) is 30.1 Å². The fraction of sp³-hybridized carbons (Fsp3) is 0.828. The molecule has 0 N–H and O–H groups in total. The van der Waals surface area contributed by atoms with E-state index in [2.05, 4.69) is 20.8 Å². The van der Waals surface area contributed by atoms with Crippen LogP contribution in [-0.4, -0.2) is 37.2 Å². The molecule has 0 aliphatic heterocycles. The van der Waals surface area contributed by atoms with E-state index in [1.165, 1.54) is 26.5 Å². The van der Waals surface area contributed by atoms with Crippen molar-refractivity contribution in [3.8, 4) is 0 Å². The molecule has 0 bridgehead atoms. The Morgan fingerprint density at radius 2 is 1.71 bits per heavy atom. The molecule has 0 heterocycles. The van der Waals surface area contributed by atoms with Gasteiger partial charge in [-0.1, -0.05) is 31.9 Å². The van der Waals surface area contributed by atoms with E-state index in [9.17, 15) is 14.4 Å².